The number of alkyl halides is 11. The van der Waals surface area contributed by atoms with Crippen molar-refractivity contribution in [2.24, 2.45) is 0 Å². The van der Waals surface area contributed by atoms with Crippen LogP contribution in [-0.2, 0) is 10.0 Å². The van der Waals surface area contributed by atoms with Crippen LogP contribution in [0.3, 0.4) is 0 Å². The van der Waals surface area contributed by atoms with Gasteiger partial charge in [0.25, 0.3) is 5.67 Å². The molecule has 28 heavy (non-hydrogen) atoms. The largest absolute Gasteiger partial charge is 0.395 e. The van der Waals surface area contributed by atoms with E-state index >= 15 is 0 Å². The van der Waals surface area contributed by atoms with Gasteiger partial charge in [-0.3, -0.25) is 0 Å². The van der Waals surface area contributed by atoms with Gasteiger partial charge in [0.2, 0.25) is 10.0 Å². The van der Waals surface area contributed by atoms with Gasteiger partial charge in [0.1, 0.15) is 0 Å². The molecule has 0 atom stereocenters. The number of aliphatic hydroxyl groups excluding tert-OH is 1. The molecule has 0 aromatic carbocycles. The number of aliphatic hydroxyl groups is 1. The van der Waals surface area contributed by atoms with Crippen molar-refractivity contribution in [3.8, 4) is 0 Å². The van der Waals surface area contributed by atoms with Gasteiger partial charge >= 0.3 is 29.6 Å². The average Bonchev–Trinajstić information content (AvgIpc) is 2.55. The van der Waals surface area contributed by atoms with Crippen LogP contribution in [0.25, 0.3) is 0 Å². The lowest BCUT2D eigenvalue weighted by Crippen LogP contribution is -2.83. The Bertz CT molecular complexity index is 665. The lowest BCUT2D eigenvalue weighted by Gasteiger charge is -2.52. The fourth-order valence-electron chi connectivity index (χ4n) is 2.60. The third-order valence-corrected chi connectivity index (χ3v) is 6.32. The van der Waals surface area contributed by atoms with Gasteiger partial charge in [-0.2, -0.15) is 48.2 Å². The van der Waals surface area contributed by atoms with Crippen molar-refractivity contribution >= 4 is 10.0 Å². The minimum absolute atomic E-state index is 0.236. The molecule has 0 amide bonds. The van der Waals surface area contributed by atoms with Crippen molar-refractivity contribution in [2.75, 3.05) is 25.4 Å². The van der Waals surface area contributed by atoms with Crippen LogP contribution >= 0.6 is 0 Å². The van der Waals surface area contributed by atoms with Gasteiger partial charge in [0.15, 0.2) is 0 Å². The first-order valence-electron chi connectivity index (χ1n) is 7.39. The highest BCUT2D eigenvalue weighted by molar-refractivity contribution is 7.89. The SMILES string of the molecule is CCN(CCO)S(=O)(=O)CCC1(F)C(F)(F)C(F)(F)C(F)(F)C(F)(F)C1(F)F. The first-order valence-corrected chi connectivity index (χ1v) is 9.00. The van der Waals surface area contributed by atoms with Crippen molar-refractivity contribution in [2.45, 2.75) is 48.6 Å². The van der Waals surface area contributed by atoms with Crippen LogP contribution < -0.4 is 0 Å². The number of nitrogens with zero attached hydrogens (tertiary/aromatic N) is 1. The molecular weight excluding hydrogens is 447 g/mol. The minimum atomic E-state index is -7.34. The number of sulfonamides is 1. The number of hydrogen-bond donors (Lipinski definition) is 1. The number of hydrogen-bond acceptors (Lipinski definition) is 3. The van der Waals surface area contributed by atoms with Gasteiger partial charge in [-0.05, 0) is 0 Å². The predicted molar refractivity (Wildman–Crippen MR) is 71.3 cm³/mol. The Labute approximate surface area is 151 Å². The van der Waals surface area contributed by atoms with E-state index in [0.717, 1.165) is 6.92 Å². The first-order chi connectivity index (χ1) is 12.2. The molecule has 0 radical (unpaired) electrons. The number of halogens is 11. The summed E-state index contributed by atoms with van der Waals surface area (Å²) < 4.78 is 173. The molecule has 0 aromatic heterocycles. The maximum Gasteiger partial charge on any atom is 0.384 e. The van der Waals surface area contributed by atoms with Crippen molar-refractivity contribution in [3.05, 3.63) is 0 Å². The molecule has 1 fully saturated rings. The van der Waals surface area contributed by atoms with E-state index in [-0.39, 0.29) is 4.31 Å². The fraction of sp³-hybridized carbons (Fsp3) is 1.00. The monoisotopic (exact) mass is 461 g/mol. The molecule has 0 aliphatic heterocycles. The summed E-state index contributed by atoms with van der Waals surface area (Å²) in [6.45, 7) is -1.03. The topological polar surface area (TPSA) is 57.6 Å². The Morgan fingerprint density at radius 1 is 0.750 bits per heavy atom. The molecular formula is C12H14F11NO3S. The van der Waals surface area contributed by atoms with Crippen LogP contribution in [0.5, 0.6) is 0 Å². The van der Waals surface area contributed by atoms with Gasteiger partial charge in [0.05, 0.1) is 12.4 Å². The molecule has 0 heterocycles. The molecule has 1 saturated carbocycles. The fourth-order valence-corrected chi connectivity index (χ4v) is 4.16. The summed E-state index contributed by atoms with van der Waals surface area (Å²) in [5.74, 6) is -38.1. The summed E-state index contributed by atoms with van der Waals surface area (Å²) in [6, 6.07) is 0. The molecule has 1 aliphatic rings. The van der Waals surface area contributed by atoms with Crippen molar-refractivity contribution in [1.29, 1.82) is 0 Å². The van der Waals surface area contributed by atoms with E-state index in [2.05, 4.69) is 0 Å². The zero-order valence-corrected chi connectivity index (χ0v) is 14.6. The summed E-state index contributed by atoms with van der Waals surface area (Å²) in [6.07, 6.45) is -2.85. The molecule has 1 rings (SSSR count). The number of likely N-dealkylation sites (N-methyl/N-ethyl adjacent to an activating group) is 1. The Morgan fingerprint density at radius 2 is 1.11 bits per heavy atom. The summed E-state index contributed by atoms with van der Waals surface area (Å²) in [4.78, 5) is 0. The van der Waals surface area contributed by atoms with Crippen LogP contribution in [0.2, 0.25) is 0 Å². The number of rotatable bonds is 7. The Morgan fingerprint density at radius 3 is 1.43 bits per heavy atom. The van der Waals surface area contributed by atoms with E-state index in [1.807, 2.05) is 0 Å². The van der Waals surface area contributed by atoms with Crippen molar-refractivity contribution < 1.29 is 61.8 Å². The van der Waals surface area contributed by atoms with Gasteiger partial charge < -0.3 is 5.11 Å². The van der Waals surface area contributed by atoms with E-state index in [0.29, 0.717) is 0 Å². The van der Waals surface area contributed by atoms with Crippen LogP contribution in [0.15, 0.2) is 0 Å². The molecule has 0 saturated heterocycles. The zero-order valence-electron chi connectivity index (χ0n) is 13.8. The molecule has 0 bridgehead atoms. The van der Waals surface area contributed by atoms with Crippen molar-refractivity contribution in [1.82, 2.24) is 4.31 Å². The van der Waals surface area contributed by atoms with Crippen LogP contribution in [0.4, 0.5) is 48.3 Å². The Hall–Kier alpha value is -0.900. The molecule has 1 aliphatic carbocycles. The lowest BCUT2D eigenvalue weighted by atomic mass is 9.71. The predicted octanol–water partition coefficient (Wildman–Crippen LogP) is 2.92. The molecule has 4 nitrogen and oxygen atoms in total. The van der Waals surface area contributed by atoms with E-state index in [4.69, 9.17) is 5.11 Å². The second-order valence-electron chi connectivity index (χ2n) is 5.95. The summed E-state index contributed by atoms with van der Waals surface area (Å²) in [5.41, 5.74) is -6.33. The maximum absolute atomic E-state index is 14.4. The van der Waals surface area contributed by atoms with Crippen LogP contribution in [0.1, 0.15) is 13.3 Å². The Kier molecular flexibility index (Phi) is 6.12. The highest BCUT2D eigenvalue weighted by Gasteiger charge is 3.00. The quantitative estimate of drug-likeness (QED) is 0.594. The Balaban J connectivity index is 3.50. The molecule has 1 N–H and O–H groups in total. The normalized spacial score (nSPS) is 26.9. The summed E-state index contributed by atoms with van der Waals surface area (Å²) >= 11 is 0. The third-order valence-electron chi connectivity index (χ3n) is 4.37. The first kappa shape index (κ1) is 25.1. The van der Waals surface area contributed by atoms with Gasteiger partial charge in [0, 0.05) is 19.5 Å². The third kappa shape index (κ3) is 2.88. The summed E-state index contributed by atoms with van der Waals surface area (Å²) in [7, 11) is -4.99. The molecule has 0 spiro atoms. The molecule has 16 heteroatoms. The average molecular weight is 461 g/mol. The van der Waals surface area contributed by atoms with E-state index < -0.39 is 77.2 Å². The highest BCUT2D eigenvalue weighted by atomic mass is 32.2. The van der Waals surface area contributed by atoms with Gasteiger partial charge in [-0.25, -0.2) is 12.8 Å². The highest BCUT2D eigenvalue weighted by Crippen LogP contribution is 2.70. The van der Waals surface area contributed by atoms with Crippen LogP contribution in [-0.4, -0.2) is 78.6 Å². The standard InChI is InChI=1S/C12H14F11NO3S/c1-2-24(4-5-25)28(26,27)6-3-7(13)8(14,15)10(18,19)12(22,23)11(20,21)9(7,16)17/h25H,2-6H2,1H3. The molecule has 0 aromatic rings. The van der Waals surface area contributed by atoms with Gasteiger partial charge in [-0.1, -0.05) is 6.92 Å². The maximum atomic E-state index is 14.4. The molecule has 0 unspecified atom stereocenters. The molecule has 168 valence electrons. The van der Waals surface area contributed by atoms with E-state index in [1.165, 1.54) is 0 Å². The smallest absolute Gasteiger partial charge is 0.384 e. The second-order valence-corrected chi connectivity index (χ2v) is 8.04. The zero-order chi connectivity index (χ0) is 22.6. The van der Waals surface area contributed by atoms with Gasteiger partial charge in [-0.15, -0.1) is 0 Å². The van der Waals surface area contributed by atoms with Crippen molar-refractivity contribution in [3.63, 3.8) is 0 Å². The summed E-state index contributed by atoms with van der Waals surface area (Å²) in [5, 5.41) is 8.66. The lowest BCUT2D eigenvalue weighted by molar-refractivity contribution is -0.485. The second kappa shape index (κ2) is 6.82. The van der Waals surface area contributed by atoms with E-state index in [9.17, 15) is 56.7 Å². The van der Waals surface area contributed by atoms with E-state index in [1.54, 1.807) is 0 Å². The minimum Gasteiger partial charge on any atom is -0.395 e. The van der Waals surface area contributed by atoms with Crippen LogP contribution in [0, 0.1) is 0 Å².